The molecule has 0 heterocycles. The van der Waals surface area contributed by atoms with E-state index in [9.17, 15) is 9.18 Å². The molecule has 0 aliphatic heterocycles. The fraction of sp³-hybridized carbons (Fsp3) is 0.417. The van der Waals surface area contributed by atoms with E-state index in [4.69, 9.17) is 9.84 Å². The molecule has 0 aromatic heterocycles. The zero-order valence-electron chi connectivity index (χ0n) is 9.88. The molecule has 0 unspecified atom stereocenters. The Hall–Kier alpha value is -1.10. The summed E-state index contributed by atoms with van der Waals surface area (Å²) >= 11 is 3.28. The van der Waals surface area contributed by atoms with Crippen LogP contribution in [0.3, 0.4) is 0 Å². The maximum Gasteiger partial charge on any atom is 0.309 e. The maximum atomic E-state index is 13.5. The summed E-state index contributed by atoms with van der Waals surface area (Å²) in [5, 5.41) is 9.08. The first-order valence-electron chi connectivity index (χ1n) is 5.04. The molecule has 0 spiro atoms. The molecule has 0 aliphatic carbocycles. The van der Waals surface area contributed by atoms with Crippen molar-refractivity contribution in [2.75, 3.05) is 7.11 Å². The van der Waals surface area contributed by atoms with E-state index >= 15 is 0 Å². The molecule has 1 aromatic rings. The summed E-state index contributed by atoms with van der Waals surface area (Å²) in [5.41, 5.74) is -0.455. The lowest BCUT2D eigenvalue weighted by Gasteiger charge is -2.21. The van der Waals surface area contributed by atoms with E-state index < -0.39 is 17.2 Å². The molecule has 3 nitrogen and oxygen atoms in total. The molecule has 0 amide bonds. The number of benzene rings is 1. The topological polar surface area (TPSA) is 46.5 Å². The van der Waals surface area contributed by atoms with Crippen LogP contribution < -0.4 is 4.74 Å². The zero-order chi connectivity index (χ0) is 13.2. The number of rotatable bonds is 4. The SMILES string of the molecule is COc1c(F)ccc(Br)c1CC(C)(C)C(=O)O. The molecule has 0 fully saturated rings. The standard InChI is InChI=1S/C12H14BrFO3/c1-12(2,11(15)16)6-7-8(13)4-5-9(14)10(7)17-3/h4-5H,6H2,1-3H3,(H,15,16). The minimum absolute atomic E-state index is 0.0914. The first kappa shape index (κ1) is 14.0. The van der Waals surface area contributed by atoms with Crippen LogP contribution >= 0.6 is 15.9 Å². The molecular weight excluding hydrogens is 291 g/mol. The lowest BCUT2D eigenvalue weighted by molar-refractivity contribution is -0.146. The van der Waals surface area contributed by atoms with Gasteiger partial charge >= 0.3 is 5.97 Å². The number of carbonyl (C=O) groups is 1. The Labute approximate surface area is 108 Å². The van der Waals surface area contributed by atoms with E-state index in [2.05, 4.69) is 15.9 Å². The summed E-state index contributed by atoms with van der Waals surface area (Å²) in [7, 11) is 1.36. The van der Waals surface area contributed by atoms with Crippen molar-refractivity contribution in [1.82, 2.24) is 0 Å². The van der Waals surface area contributed by atoms with Crippen LogP contribution in [0.1, 0.15) is 19.4 Å². The molecule has 0 aliphatic rings. The van der Waals surface area contributed by atoms with Gasteiger partial charge in [-0.1, -0.05) is 15.9 Å². The Morgan fingerprint density at radius 1 is 1.53 bits per heavy atom. The first-order valence-corrected chi connectivity index (χ1v) is 5.83. The molecule has 1 rings (SSSR count). The number of methoxy groups -OCH3 is 1. The van der Waals surface area contributed by atoms with E-state index in [1.807, 2.05) is 0 Å². The average molecular weight is 305 g/mol. The van der Waals surface area contributed by atoms with Gasteiger partial charge in [-0.25, -0.2) is 4.39 Å². The third-order valence-electron chi connectivity index (χ3n) is 2.56. The highest BCUT2D eigenvalue weighted by Crippen LogP contribution is 2.35. The second-order valence-corrected chi connectivity index (χ2v) is 5.26. The van der Waals surface area contributed by atoms with Gasteiger partial charge in [0.1, 0.15) is 0 Å². The summed E-state index contributed by atoms with van der Waals surface area (Å²) in [5.74, 6) is -1.34. The van der Waals surface area contributed by atoms with Crippen LogP contribution in [0.4, 0.5) is 4.39 Å². The van der Waals surface area contributed by atoms with Gasteiger partial charge in [0.05, 0.1) is 12.5 Å². The van der Waals surface area contributed by atoms with E-state index in [1.54, 1.807) is 19.9 Å². The van der Waals surface area contributed by atoms with Crippen LogP contribution in [0, 0.1) is 11.2 Å². The summed E-state index contributed by atoms with van der Waals surface area (Å²) in [6, 6.07) is 2.82. The predicted octanol–water partition coefficient (Wildman–Crippen LogP) is 3.25. The van der Waals surface area contributed by atoms with Crippen molar-refractivity contribution >= 4 is 21.9 Å². The normalized spacial score (nSPS) is 11.4. The third kappa shape index (κ3) is 2.97. The van der Waals surface area contributed by atoms with Gasteiger partial charge in [-0.15, -0.1) is 0 Å². The first-order chi connectivity index (χ1) is 7.79. The number of aliphatic carboxylic acids is 1. The van der Waals surface area contributed by atoms with Crippen molar-refractivity contribution in [3.8, 4) is 5.75 Å². The van der Waals surface area contributed by atoms with Crippen molar-refractivity contribution in [3.05, 3.63) is 28.0 Å². The van der Waals surface area contributed by atoms with Gasteiger partial charge in [-0.2, -0.15) is 0 Å². The fourth-order valence-corrected chi connectivity index (χ4v) is 1.93. The molecule has 5 heteroatoms. The van der Waals surface area contributed by atoms with Crippen LogP contribution in [0.25, 0.3) is 0 Å². The van der Waals surface area contributed by atoms with Gasteiger partial charge in [0, 0.05) is 10.0 Å². The molecule has 0 atom stereocenters. The van der Waals surface area contributed by atoms with Crippen molar-refractivity contribution in [1.29, 1.82) is 0 Å². The highest BCUT2D eigenvalue weighted by atomic mass is 79.9. The molecule has 0 bridgehead atoms. The summed E-state index contributed by atoms with van der Waals surface area (Å²) < 4.78 is 19.1. The number of hydrogen-bond acceptors (Lipinski definition) is 2. The molecule has 0 saturated carbocycles. The molecule has 17 heavy (non-hydrogen) atoms. The van der Waals surface area contributed by atoms with Crippen LogP contribution in [0.5, 0.6) is 5.75 Å². The Bertz CT molecular complexity index is 444. The van der Waals surface area contributed by atoms with E-state index in [1.165, 1.54) is 13.2 Å². The van der Waals surface area contributed by atoms with Crippen LogP contribution in [0.2, 0.25) is 0 Å². The Balaban J connectivity index is 3.22. The minimum atomic E-state index is -0.983. The summed E-state index contributed by atoms with van der Waals surface area (Å²) in [4.78, 5) is 11.1. The number of hydrogen-bond donors (Lipinski definition) is 1. The summed E-state index contributed by atoms with van der Waals surface area (Å²) in [6.45, 7) is 3.18. The maximum absolute atomic E-state index is 13.5. The molecule has 94 valence electrons. The second-order valence-electron chi connectivity index (χ2n) is 4.41. The Morgan fingerprint density at radius 2 is 2.12 bits per heavy atom. The molecule has 1 N–H and O–H groups in total. The van der Waals surface area contributed by atoms with E-state index in [0.717, 1.165) is 0 Å². The van der Waals surface area contributed by atoms with Crippen molar-refractivity contribution in [2.45, 2.75) is 20.3 Å². The zero-order valence-corrected chi connectivity index (χ0v) is 11.5. The van der Waals surface area contributed by atoms with Gasteiger partial charge < -0.3 is 9.84 Å². The average Bonchev–Trinajstić information content (AvgIpc) is 2.23. The van der Waals surface area contributed by atoms with Gasteiger partial charge in [0.2, 0.25) is 0 Å². The number of carboxylic acid groups (broad SMARTS) is 1. The largest absolute Gasteiger partial charge is 0.493 e. The van der Waals surface area contributed by atoms with Crippen molar-refractivity contribution in [2.24, 2.45) is 5.41 Å². The quantitative estimate of drug-likeness (QED) is 0.929. The number of halogens is 2. The number of ether oxygens (including phenoxy) is 1. The lowest BCUT2D eigenvalue weighted by Crippen LogP contribution is -2.26. The summed E-state index contributed by atoms with van der Waals surface area (Å²) in [6.07, 6.45) is 0.184. The van der Waals surface area contributed by atoms with Gasteiger partial charge in [-0.05, 0) is 32.4 Å². The van der Waals surface area contributed by atoms with Crippen molar-refractivity contribution in [3.63, 3.8) is 0 Å². The highest BCUT2D eigenvalue weighted by molar-refractivity contribution is 9.10. The number of carboxylic acids is 1. The van der Waals surface area contributed by atoms with Crippen molar-refractivity contribution < 1.29 is 19.0 Å². The highest BCUT2D eigenvalue weighted by Gasteiger charge is 2.30. The molecular formula is C12H14BrFO3. The molecule has 0 radical (unpaired) electrons. The lowest BCUT2D eigenvalue weighted by atomic mass is 9.85. The Kier molecular flexibility index (Phi) is 4.14. The monoisotopic (exact) mass is 304 g/mol. The van der Waals surface area contributed by atoms with Gasteiger partial charge in [-0.3, -0.25) is 4.79 Å². The Morgan fingerprint density at radius 3 is 2.59 bits per heavy atom. The minimum Gasteiger partial charge on any atom is -0.493 e. The fourth-order valence-electron chi connectivity index (χ4n) is 1.48. The van der Waals surface area contributed by atoms with Gasteiger partial charge in [0.25, 0.3) is 0 Å². The van der Waals surface area contributed by atoms with E-state index in [0.29, 0.717) is 10.0 Å². The predicted molar refractivity (Wildman–Crippen MR) is 65.8 cm³/mol. The van der Waals surface area contributed by atoms with Crippen LogP contribution in [-0.2, 0) is 11.2 Å². The smallest absolute Gasteiger partial charge is 0.309 e. The van der Waals surface area contributed by atoms with Crippen LogP contribution in [-0.4, -0.2) is 18.2 Å². The second kappa shape index (κ2) is 5.04. The van der Waals surface area contributed by atoms with E-state index in [-0.39, 0.29) is 12.2 Å². The van der Waals surface area contributed by atoms with Gasteiger partial charge in [0.15, 0.2) is 11.6 Å². The molecule has 0 saturated heterocycles. The van der Waals surface area contributed by atoms with Crippen LogP contribution in [0.15, 0.2) is 16.6 Å². The molecule has 1 aromatic carbocycles. The third-order valence-corrected chi connectivity index (χ3v) is 3.30.